The second kappa shape index (κ2) is 9.98. The number of carbonyl (C=O) groups is 1. The van der Waals surface area contributed by atoms with Crippen molar-refractivity contribution in [3.8, 4) is 5.75 Å². The number of anilines is 1. The van der Waals surface area contributed by atoms with Gasteiger partial charge in [-0.1, -0.05) is 36.7 Å². The molecule has 0 saturated heterocycles. The zero-order chi connectivity index (χ0) is 21.6. The van der Waals surface area contributed by atoms with Crippen LogP contribution in [-0.4, -0.2) is 40.3 Å². The van der Waals surface area contributed by atoms with Gasteiger partial charge in [0.15, 0.2) is 0 Å². The molecule has 2 aromatic rings. The number of rotatable bonds is 9. The largest absolute Gasteiger partial charge is 0.497 e. The SMILES string of the molecule is CC[C@H](C(=O)NCCc1ccc(OC)cc1)N(c1ccc(C)c(Cl)c1)S(C)(=O)=O. The van der Waals surface area contributed by atoms with E-state index in [9.17, 15) is 13.2 Å². The number of hydrogen-bond donors (Lipinski definition) is 1. The van der Waals surface area contributed by atoms with Gasteiger partial charge in [-0.3, -0.25) is 9.10 Å². The monoisotopic (exact) mass is 438 g/mol. The minimum absolute atomic E-state index is 0.326. The zero-order valence-electron chi connectivity index (χ0n) is 17.1. The van der Waals surface area contributed by atoms with Gasteiger partial charge in [0.2, 0.25) is 15.9 Å². The first kappa shape index (κ1) is 23.0. The molecule has 1 N–H and O–H groups in total. The van der Waals surface area contributed by atoms with Crippen molar-refractivity contribution >= 4 is 33.2 Å². The fourth-order valence-corrected chi connectivity index (χ4v) is 4.40. The topological polar surface area (TPSA) is 75.7 Å². The molecule has 2 aromatic carbocycles. The van der Waals surface area contributed by atoms with E-state index in [-0.39, 0.29) is 5.91 Å². The van der Waals surface area contributed by atoms with Crippen molar-refractivity contribution in [2.45, 2.75) is 32.7 Å². The minimum Gasteiger partial charge on any atom is -0.497 e. The Morgan fingerprint density at radius 2 is 1.86 bits per heavy atom. The van der Waals surface area contributed by atoms with E-state index in [4.69, 9.17) is 16.3 Å². The van der Waals surface area contributed by atoms with Crippen LogP contribution in [0.1, 0.15) is 24.5 Å². The molecular formula is C21H27ClN2O4S. The van der Waals surface area contributed by atoms with Crippen LogP contribution in [0.15, 0.2) is 42.5 Å². The molecule has 0 aliphatic heterocycles. The molecule has 0 saturated carbocycles. The number of sulfonamides is 1. The molecule has 1 atom stereocenters. The van der Waals surface area contributed by atoms with Crippen molar-refractivity contribution in [3.63, 3.8) is 0 Å². The Morgan fingerprint density at radius 1 is 1.21 bits per heavy atom. The van der Waals surface area contributed by atoms with Gasteiger partial charge in [-0.15, -0.1) is 0 Å². The van der Waals surface area contributed by atoms with Crippen LogP contribution in [0.25, 0.3) is 0 Å². The van der Waals surface area contributed by atoms with Gasteiger partial charge in [0.25, 0.3) is 0 Å². The Labute approximate surface area is 177 Å². The van der Waals surface area contributed by atoms with Gasteiger partial charge in [-0.2, -0.15) is 0 Å². The van der Waals surface area contributed by atoms with Crippen molar-refractivity contribution in [3.05, 3.63) is 58.6 Å². The lowest BCUT2D eigenvalue weighted by atomic mass is 10.1. The average molecular weight is 439 g/mol. The van der Waals surface area contributed by atoms with E-state index in [1.165, 1.54) is 0 Å². The Kier molecular flexibility index (Phi) is 7.93. The third-order valence-corrected chi connectivity index (χ3v) is 6.20. The molecule has 0 aromatic heterocycles. The maximum Gasteiger partial charge on any atom is 0.243 e. The van der Waals surface area contributed by atoms with E-state index >= 15 is 0 Å². The molecule has 29 heavy (non-hydrogen) atoms. The molecule has 158 valence electrons. The summed E-state index contributed by atoms with van der Waals surface area (Å²) in [6.45, 7) is 4.01. The van der Waals surface area contributed by atoms with E-state index < -0.39 is 16.1 Å². The smallest absolute Gasteiger partial charge is 0.243 e. The summed E-state index contributed by atoms with van der Waals surface area (Å²) in [5.41, 5.74) is 2.26. The summed E-state index contributed by atoms with van der Waals surface area (Å²) >= 11 is 6.18. The van der Waals surface area contributed by atoms with E-state index in [1.54, 1.807) is 32.2 Å². The standard InChI is InChI=1S/C21H27ClN2O4S/c1-5-20(21(25)23-13-12-16-7-10-18(28-3)11-8-16)24(29(4,26)27)17-9-6-15(2)19(22)14-17/h6-11,14,20H,5,12-13H2,1-4H3,(H,23,25)/t20-/m1/s1. The highest BCUT2D eigenvalue weighted by Gasteiger charge is 2.31. The number of benzene rings is 2. The van der Waals surface area contributed by atoms with Crippen LogP contribution in [0.4, 0.5) is 5.69 Å². The van der Waals surface area contributed by atoms with Gasteiger partial charge in [0.1, 0.15) is 11.8 Å². The second-order valence-corrected chi connectivity index (χ2v) is 9.07. The zero-order valence-corrected chi connectivity index (χ0v) is 18.7. The van der Waals surface area contributed by atoms with Crippen LogP contribution >= 0.6 is 11.6 Å². The average Bonchev–Trinajstić information content (AvgIpc) is 2.67. The highest BCUT2D eigenvalue weighted by Crippen LogP contribution is 2.27. The van der Waals surface area contributed by atoms with Crippen molar-refractivity contribution in [2.24, 2.45) is 0 Å². The molecule has 8 heteroatoms. The molecule has 0 heterocycles. The molecule has 6 nitrogen and oxygen atoms in total. The van der Waals surface area contributed by atoms with Gasteiger partial charge in [0, 0.05) is 11.6 Å². The Hall–Kier alpha value is -2.25. The molecule has 0 fully saturated rings. The van der Waals surface area contributed by atoms with Crippen LogP contribution in [0.3, 0.4) is 0 Å². The second-order valence-electron chi connectivity index (χ2n) is 6.81. The number of methoxy groups -OCH3 is 1. The van der Waals surface area contributed by atoms with Crippen molar-refractivity contribution < 1.29 is 17.9 Å². The molecule has 0 radical (unpaired) electrons. The third-order valence-electron chi connectivity index (χ3n) is 4.61. The number of ether oxygens (including phenoxy) is 1. The van der Waals surface area contributed by atoms with Gasteiger partial charge in [-0.25, -0.2) is 8.42 Å². The van der Waals surface area contributed by atoms with Gasteiger partial charge < -0.3 is 10.1 Å². The minimum atomic E-state index is -3.69. The van der Waals surface area contributed by atoms with Gasteiger partial charge in [0.05, 0.1) is 19.1 Å². The lowest BCUT2D eigenvalue weighted by Crippen LogP contribution is -2.49. The Morgan fingerprint density at radius 3 is 2.38 bits per heavy atom. The summed E-state index contributed by atoms with van der Waals surface area (Å²) in [6.07, 6.45) is 2.04. The molecule has 0 aliphatic rings. The molecule has 0 bridgehead atoms. The van der Waals surface area contributed by atoms with Crippen LogP contribution in [0, 0.1) is 6.92 Å². The Bertz CT molecular complexity index is 946. The van der Waals surface area contributed by atoms with Crippen molar-refractivity contribution in [1.82, 2.24) is 5.32 Å². The maximum absolute atomic E-state index is 12.8. The summed E-state index contributed by atoms with van der Waals surface area (Å²) in [6, 6.07) is 11.7. The summed E-state index contributed by atoms with van der Waals surface area (Å²) in [5, 5.41) is 3.30. The lowest BCUT2D eigenvalue weighted by molar-refractivity contribution is -0.122. The van der Waals surface area contributed by atoms with Crippen LogP contribution in [0.5, 0.6) is 5.75 Å². The molecule has 0 aliphatic carbocycles. The number of halogens is 1. The molecular weight excluding hydrogens is 412 g/mol. The number of carbonyl (C=O) groups excluding carboxylic acids is 1. The Balaban J connectivity index is 2.14. The van der Waals surface area contributed by atoms with Crippen molar-refractivity contribution in [1.29, 1.82) is 0 Å². The summed E-state index contributed by atoms with van der Waals surface area (Å²) in [4.78, 5) is 12.8. The van der Waals surface area contributed by atoms with Crippen molar-refractivity contribution in [2.75, 3.05) is 24.2 Å². The molecule has 0 spiro atoms. The predicted molar refractivity (Wildman–Crippen MR) is 117 cm³/mol. The maximum atomic E-state index is 12.8. The molecule has 2 rings (SSSR count). The summed E-state index contributed by atoms with van der Waals surface area (Å²) < 4.78 is 31.2. The van der Waals surface area contributed by atoms with E-state index in [0.29, 0.717) is 30.1 Å². The summed E-state index contributed by atoms with van der Waals surface area (Å²) in [5.74, 6) is 0.424. The number of nitrogens with zero attached hydrogens (tertiary/aromatic N) is 1. The third kappa shape index (κ3) is 6.11. The first-order valence-corrected chi connectivity index (χ1v) is 11.6. The van der Waals surface area contributed by atoms with Crippen LogP contribution < -0.4 is 14.4 Å². The summed E-state index contributed by atoms with van der Waals surface area (Å²) in [7, 11) is -2.08. The van der Waals surface area contributed by atoms with Gasteiger partial charge in [-0.05, 0) is 55.2 Å². The number of aryl methyl sites for hydroxylation is 1. The lowest BCUT2D eigenvalue weighted by Gasteiger charge is -2.30. The van der Waals surface area contributed by atoms with Crippen LogP contribution in [-0.2, 0) is 21.2 Å². The molecule has 1 amide bonds. The number of nitrogens with one attached hydrogen (secondary N) is 1. The number of amides is 1. The van der Waals surface area contributed by atoms with Crippen LogP contribution in [0.2, 0.25) is 5.02 Å². The van der Waals surface area contributed by atoms with E-state index in [1.807, 2.05) is 31.2 Å². The highest BCUT2D eigenvalue weighted by molar-refractivity contribution is 7.92. The quantitative estimate of drug-likeness (QED) is 0.649. The van der Waals surface area contributed by atoms with E-state index in [2.05, 4.69) is 5.32 Å². The predicted octanol–water partition coefficient (Wildman–Crippen LogP) is 3.56. The van der Waals surface area contributed by atoms with Gasteiger partial charge >= 0.3 is 0 Å². The normalized spacial score (nSPS) is 12.3. The first-order valence-electron chi connectivity index (χ1n) is 9.33. The van der Waals surface area contributed by atoms with E-state index in [0.717, 1.165) is 27.4 Å². The first-order chi connectivity index (χ1) is 13.7. The molecule has 0 unspecified atom stereocenters. The fraction of sp³-hybridized carbons (Fsp3) is 0.381. The fourth-order valence-electron chi connectivity index (χ4n) is 3.02. The number of hydrogen-bond acceptors (Lipinski definition) is 4. The highest BCUT2D eigenvalue weighted by atomic mass is 35.5.